The molecule has 3 aromatic rings. The minimum atomic E-state index is -0.717. The second kappa shape index (κ2) is 8.17. The number of fused-ring (bicyclic) bond motifs is 1. The lowest BCUT2D eigenvalue weighted by molar-refractivity contribution is -0.140. The SMILES string of the molecule is Cc1nc2ccccn2c1C(O)=C1C(=O)C(=O)N(CCN(C)C)[C@H]1c1ccc(Cl)cc1. The molecule has 0 radical (unpaired) electrons. The van der Waals surface area contributed by atoms with E-state index in [1.807, 2.05) is 37.2 Å². The number of amides is 1. The van der Waals surface area contributed by atoms with E-state index in [0.717, 1.165) is 0 Å². The maximum absolute atomic E-state index is 13.1. The van der Waals surface area contributed by atoms with Crippen molar-refractivity contribution in [2.45, 2.75) is 13.0 Å². The van der Waals surface area contributed by atoms with Crippen molar-refractivity contribution < 1.29 is 14.7 Å². The van der Waals surface area contributed by atoms with Crippen molar-refractivity contribution in [3.63, 3.8) is 0 Å². The number of benzene rings is 1. The van der Waals surface area contributed by atoms with E-state index in [4.69, 9.17) is 11.6 Å². The number of rotatable bonds is 5. The Bertz CT molecular complexity index is 1200. The molecule has 0 bridgehead atoms. The van der Waals surface area contributed by atoms with Crippen LogP contribution >= 0.6 is 11.6 Å². The normalized spacial score (nSPS) is 18.5. The smallest absolute Gasteiger partial charge is 0.295 e. The maximum Gasteiger partial charge on any atom is 0.295 e. The second-order valence-electron chi connectivity index (χ2n) is 7.82. The predicted octanol–water partition coefficient (Wildman–Crippen LogP) is 3.28. The molecule has 3 heterocycles. The minimum Gasteiger partial charge on any atom is -0.505 e. The third-order valence-corrected chi connectivity index (χ3v) is 5.69. The Morgan fingerprint density at radius 1 is 1.16 bits per heavy atom. The zero-order chi connectivity index (χ0) is 22.3. The highest BCUT2D eigenvalue weighted by molar-refractivity contribution is 6.46. The molecule has 1 aromatic carbocycles. The number of likely N-dealkylation sites (N-methyl/N-ethyl adjacent to an activating group) is 1. The number of aliphatic hydroxyl groups excluding tert-OH is 1. The molecule has 0 spiro atoms. The van der Waals surface area contributed by atoms with Gasteiger partial charge in [-0.05, 0) is 50.8 Å². The fourth-order valence-electron chi connectivity index (χ4n) is 3.94. The highest BCUT2D eigenvalue weighted by atomic mass is 35.5. The zero-order valence-electron chi connectivity index (χ0n) is 17.5. The first-order valence-electron chi connectivity index (χ1n) is 9.92. The Morgan fingerprint density at radius 2 is 1.87 bits per heavy atom. The van der Waals surface area contributed by atoms with Gasteiger partial charge in [0, 0.05) is 24.3 Å². The summed E-state index contributed by atoms with van der Waals surface area (Å²) in [4.78, 5) is 34.0. The molecule has 1 fully saturated rings. The van der Waals surface area contributed by atoms with E-state index < -0.39 is 17.7 Å². The van der Waals surface area contributed by atoms with Crippen LogP contribution in [-0.2, 0) is 9.59 Å². The summed E-state index contributed by atoms with van der Waals surface area (Å²) in [5, 5.41) is 11.9. The van der Waals surface area contributed by atoms with Gasteiger partial charge in [0.05, 0.1) is 17.3 Å². The second-order valence-corrected chi connectivity index (χ2v) is 8.26. The lowest BCUT2D eigenvalue weighted by Gasteiger charge is -2.26. The molecule has 1 atom stereocenters. The van der Waals surface area contributed by atoms with Crippen LogP contribution < -0.4 is 0 Å². The number of aliphatic hydroxyl groups is 1. The number of aromatic nitrogens is 2. The Morgan fingerprint density at radius 3 is 2.55 bits per heavy atom. The molecule has 1 aliphatic rings. The molecular formula is C23H23ClN4O3. The highest BCUT2D eigenvalue weighted by Gasteiger charge is 2.46. The van der Waals surface area contributed by atoms with Gasteiger partial charge in [0.1, 0.15) is 11.3 Å². The van der Waals surface area contributed by atoms with Gasteiger partial charge in [0.2, 0.25) is 0 Å². The predicted molar refractivity (Wildman–Crippen MR) is 119 cm³/mol. The molecule has 0 aliphatic carbocycles. The molecule has 2 aromatic heterocycles. The number of halogens is 1. The largest absolute Gasteiger partial charge is 0.505 e. The topological polar surface area (TPSA) is 78.1 Å². The van der Waals surface area contributed by atoms with Crippen molar-refractivity contribution >= 4 is 34.7 Å². The van der Waals surface area contributed by atoms with Crippen LogP contribution in [-0.4, -0.2) is 63.2 Å². The van der Waals surface area contributed by atoms with Crippen LogP contribution in [0.1, 0.15) is 23.0 Å². The molecule has 1 saturated heterocycles. The minimum absolute atomic E-state index is 0.0554. The molecule has 1 N–H and O–H groups in total. The number of nitrogens with zero attached hydrogens (tertiary/aromatic N) is 4. The molecule has 1 amide bonds. The van der Waals surface area contributed by atoms with Crippen LogP contribution in [0.4, 0.5) is 0 Å². The number of likely N-dealkylation sites (tertiary alicyclic amines) is 1. The number of pyridine rings is 1. The summed E-state index contributed by atoms with van der Waals surface area (Å²) in [6.45, 7) is 2.68. The molecule has 0 saturated carbocycles. The fourth-order valence-corrected chi connectivity index (χ4v) is 4.06. The third-order valence-electron chi connectivity index (χ3n) is 5.44. The number of aryl methyl sites for hydroxylation is 1. The van der Waals surface area contributed by atoms with Crippen LogP contribution in [0.5, 0.6) is 0 Å². The van der Waals surface area contributed by atoms with Crippen molar-refractivity contribution in [3.8, 4) is 0 Å². The first-order valence-corrected chi connectivity index (χ1v) is 10.3. The van der Waals surface area contributed by atoms with E-state index in [0.29, 0.717) is 40.7 Å². The summed E-state index contributed by atoms with van der Waals surface area (Å²) >= 11 is 6.05. The first-order chi connectivity index (χ1) is 14.8. The Hall–Kier alpha value is -3.16. The Balaban J connectivity index is 1.92. The third kappa shape index (κ3) is 3.71. The standard InChI is InChI=1S/C23H23ClN4O3/c1-14-19(27-11-5-4-6-17(27)25-14)21(29)18-20(15-7-9-16(24)10-8-15)28(13-12-26(2)3)23(31)22(18)30/h4-11,20,29H,12-13H2,1-3H3/t20-/m0/s1. The van der Waals surface area contributed by atoms with Gasteiger partial charge in [-0.25, -0.2) is 4.98 Å². The van der Waals surface area contributed by atoms with Crippen molar-refractivity contribution in [1.29, 1.82) is 0 Å². The fraction of sp³-hybridized carbons (Fsp3) is 0.261. The molecule has 31 heavy (non-hydrogen) atoms. The molecule has 0 unspecified atom stereocenters. The van der Waals surface area contributed by atoms with Crippen molar-refractivity contribution in [2.24, 2.45) is 0 Å². The summed E-state index contributed by atoms with van der Waals surface area (Å²) in [6, 6.07) is 11.7. The van der Waals surface area contributed by atoms with Crippen LogP contribution in [0.2, 0.25) is 5.02 Å². The number of carbonyl (C=O) groups is 2. The van der Waals surface area contributed by atoms with Gasteiger partial charge in [-0.1, -0.05) is 29.8 Å². The monoisotopic (exact) mass is 438 g/mol. The van der Waals surface area contributed by atoms with Gasteiger partial charge in [-0.15, -0.1) is 0 Å². The molecule has 4 rings (SSSR count). The number of imidazole rings is 1. The maximum atomic E-state index is 13.1. The van der Waals surface area contributed by atoms with Crippen LogP contribution in [0.3, 0.4) is 0 Å². The number of hydrogen-bond acceptors (Lipinski definition) is 5. The van der Waals surface area contributed by atoms with Crippen LogP contribution in [0, 0.1) is 6.92 Å². The number of Topliss-reactive ketones (excluding diaryl/α,β-unsaturated/α-hetero) is 1. The Kier molecular flexibility index (Phi) is 5.56. The zero-order valence-corrected chi connectivity index (χ0v) is 18.3. The Labute approximate surface area is 185 Å². The van der Waals surface area contributed by atoms with E-state index in [9.17, 15) is 14.7 Å². The summed E-state index contributed by atoms with van der Waals surface area (Å²) in [6.07, 6.45) is 1.77. The van der Waals surface area contributed by atoms with E-state index >= 15 is 0 Å². The van der Waals surface area contributed by atoms with E-state index in [-0.39, 0.29) is 11.3 Å². The number of ketones is 1. The summed E-state index contributed by atoms with van der Waals surface area (Å²) < 4.78 is 1.72. The lowest BCUT2D eigenvalue weighted by Crippen LogP contribution is -2.35. The molecule has 7 nitrogen and oxygen atoms in total. The molecular weight excluding hydrogens is 416 g/mol. The van der Waals surface area contributed by atoms with Gasteiger partial charge in [0.25, 0.3) is 11.7 Å². The van der Waals surface area contributed by atoms with Crippen LogP contribution in [0.25, 0.3) is 11.4 Å². The van der Waals surface area contributed by atoms with E-state index in [1.54, 1.807) is 41.8 Å². The van der Waals surface area contributed by atoms with Crippen LogP contribution in [0.15, 0.2) is 54.2 Å². The van der Waals surface area contributed by atoms with Gasteiger partial charge in [0.15, 0.2) is 5.76 Å². The number of hydrogen-bond donors (Lipinski definition) is 1. The van der Waals surface area contributed by atoms with Crippen molar-refractivity contribution in [2.75, 3.05) is 27.2 Å². The quantitative estimate of drug-likeness (QED) is 0.376. The van der Waals surface area contributed by atoms with Gasteiger partial charge < -0.3 is 14.9 Å². The summed E-state index contributed by atoms with van der Waals surface area (Å²) in [5.74, 6) is -1.57. The van der Waals surface area contributed by atoms with Gasteiger partial charge in [-0.3, -0.25) is 14.0 Å². The summed E-state index contributed by atoms with van der Waals surface area (Å²) in [7, 11) is 3.80. The van der Waals surface area contributed by atoms with Crippen molar-refractivity contribution in [1.82, 2.24) is 19.2 Å². The first kappa shape index (κ1) is 21.1. The van der Waals surface area contributed by atoms with Gasteiger partial charge in [-0.2, -0.15) is 0 Å². The average molecular weight is 439 g/mol. The van der Waals surface area contributed by atoms with E-state index in [2.05, 4.69) is 4.98 Å². The molecule has 160 valence electrons. The highest BCUT2D eigenvalue weighted by Crippen LogP contribution is 2.40. The van der Waals surface area contributed by atoms with Crippen molar-refractivity contribution in [3.05, 3.63) is 76.2 Å². The lowest BCUT2D eigenvalue weighted by atomic mass is 9.96. The van der Waals surface area contributed by atoms with E-state index in [1.165, 1.54) is 4.90 Å². The van der Waals surface area contributed by atoms with Gasteiger partial charge >= 0.3 is 0 Å². The summed E-state index contributed by atoms with van der Waals surface area (Å²) in [5.41, 5.74) is 2.37. The molecule has 1 aliphatic heterocycles. The average Bonchev–Trinajstić information content (AvgIpc) is 3.20. The molecule has 8 heteroatoms. The number of carbonyl (C=O) groups excluding carboxylic acids is 2.